The average molecular weight is 371 g/mol. The first-order chi connectivity index (χ1) is 12.0. The lowest BCUT2D eigenvalue weighted by molar-refractivity contribution is -0.113. The largest absolute Gasteiger partial charge is 0.504 e. The predicted molar refractivity (Wildman–Crippen MR) is 106 cm³/mol. The van der Waals surface area contributed by atoms with Gasteiger partial charge in [0.25, 0.3) is 5.91 Å². The van der Waals surface area contributed by atoms with Crippen molar-refractivity contribution in [2.45, 2.75) is 13.8 Å². The van der Waals surface area contributed by atoms with Crippen molar-refractivity contribution in [2.24, 2.45) is 0 Å². The van der Waals surface area contributed by atoms with Gasteiger partial charge in [0.05, 0.1) is 17.2 Å². The highest BCUT2D eigenvalue weighted by atomic mass is 32.2. The first-order valence-electron chi connectivity index (χ1n) is 7.80. The molecule has 1 heterocycles. The number of nitrogens with zero attached hydrogens (tertiary/aromatic N) is 1. The van der Waals surface area contributed by atoms with Gasteiger partial charge in [-0.05, 0) is 49.8 Å². The zero-order valence-electron chi connectivity index (χ0n) is 13.9. The molecule has 0 saturated carbocycles. The van der Waals surface area contributed by atoms with Crippen molar-refractivity contribution in [3.05, 3.63) is 58.5 Å². The van der Waals surface area contributed by atoms with E-state index in [0.717, 1.165) is 16.8 Å². The van der Waals surface area contributed by atoms with Gasteiger partial charge in [-0.15, -0.1) is 0 Å². The Labute approximate surface area is 156 Å². The van der Waals surface area contributed by atoms with E-state index in [0.29, 0.717) is 21.6 Å². The molecule has 4 nitrogen and oxygen atoms in total. The fourth-order valence-electron chi connectivity index (χ4n) is 2.43. The number of thioether (sulfide) groups is 1. The molecule has 1 fully saturated rings. The molecule has 2 aromatic carbocycles. The van der Waals surface area contributed by atoms with Crippen LogP contribution in [0.2, 0.25) is 0 Å². The van der Waals surface area contributed by atoms with Crippen LogP contribution in [-0.4, -0.2) is 21.9 Å². The van der Waals surface area contributed by atoms with E-state index < -0.39 is 0 Å². The van der Waals surface area contributed by atoms with Gasteiger partial charge in [0.2, 0.25) is 0 Å². The standard InChI is InChI=1S/C19H17NO3S2/c1-3-23-16-10-13(6-9-15(16)21)11-17-18(22)20(19(24)25-17)14-7-4-12(2)5-8-14/h4-11,21H,3H2,1-2H3/b17-11+. The summed E-state index contributed by atoms with van der Waals surface area (Å²) >= 11 is 6.64. The monoisotopic (exact) mass is 371 g/mol. The van der Waals surface area contributed by atoms with Crippen LogP contribution in [0.1, 0.15) is 18.1 Å². The first-order valence-corrected chi connectivity index (χ1v) is 9.02. The maximum atomic E-state index is 12.8. The predicted octanol–water partition coefficient (Wildman–Crippen LogP) is 4.51. The lowest BCUT2D eigenvalue weighted by atomic mass is 10.1. The van der Waals surface area contributed by atoms with E-state index in [4.69, 9.17) is 17.0 Å². The molecule has 0 aromatic heterocycles. The fraction of sp³-hybridized carbons (Fsp3) is 0.158. The SMILES string of the molecule is CCOc1cc(/C=C2/SC(=S)N(c3ccc(C)cc3)C2=O)ccc1O. The van der Waals surface area contributed by atoms with Gasteiger partial charge in [-0.25, -0.2) is 0 Å². The molecule has 0 bridgehead atoms. The molecule has 1 aliphatic rings. The lowest BCUT2D eigenvalue weighted by Crippen LogP contribution is -2.27. The van der Waals surface area contributed by atoms with Crippen LogP contribution < -0.4 is 9.64 Å². The molecule has 1 amide bonds. The minimum absolute atomic E-state index is 0.0752. The fourth-order valence-corrected chi connectivity index (χ4v) is 3.73. The molecule has 2 aromatic rings. The van der Waals surface area contributed by atoms with Crippen molar-refractivity contribution < 1.29 is 14.6 Å². The molecule has 1 saturated heterocycles. The number of thiocarbonyl (C=S) groups is 1. The van der Waals surface area contributed by atoms with Crippen molar-refractivity contribution in [3.63, 3.8) is 0 Å². The lowest BCUT2D eigenvalue weighted by Gasteiger charge is -2.14. The van der Waals surface area contributed by atoms with Crippen LogP contribution in [0.25, 0.3) is 6.08 Å². The third-order valence-electron chi connectivity index (χ3n) is 3.67. The number of aromatic hydroxyl groups is 1. The Morgan fingerprint density at radius 3 is 2.64 bits per heavy atom. The van der Waals surface area contributed by atoms with Crippen molar-refractivity contribution in [1.29, 1.82) is 0 Å². The van der Waals surface area contributed by atoms with Gasteiger partial charge in [0.1, 0.15) is 0 Å². The zero-order valence-corrected chi connectivity index (χ0v) is 15.5. The molecule has 0 aliphatic carbocycles. The molecule has 0 unspecified atom stereocenters. The zero-order chi connectivity index (χ0) is 18.0. The summed E-state index contributed by atoms with van der Waals surface area (Å²) in [5.41, 5.74) is 2.65. The van der Waals surface area contributed by atoms with E-state index in [2.05, 4.69) is 0 Å². The van der Waals surface area contributed by atoms with E-state index in [1.165, 1.54) is 16.7 Å². The first kappa shape index (κ1) is 17.5. The molecular formula is C19H17NO3S2. The van der Waals surface area contributed by atoms with E-state index in [-0.39, 0.29) is 11.7 Å². The second-order valence-electron chi connectivity index (χ2n) is 5.51. The molecule has 1 N–H and O–H groups in total. The maximum Gasteiger partial charge on any atom is 0.270 e. The highest BCUT2D eigenvalue weighted by Crippen LogP contribution is 2.37. The normalized spacial score (nSPS) is 15.9. The highest BCUT2D eigenvalue weighted by Gasteiger charge is 2.33. The minimum Gasteiger partial charge on any atom is -0.504 e. The second kappa shape index (κ2) is 7.29. The average Bonchev–Trinajstić information content (AvgIpc) is 2.86. The van der Waals surface area contributed by atoms with Gasteiger partial charge in [-0.2, -0.15) is 0 Å². The molecule has 25 heavy (non-hydrogen) atoms. The number of phenolic OH excluding ortho intramolecular Hbond substituents is 1. The molecule has 0 atom stereocenters. The van der Waals surface area contributed by atoms with Crippen LogP contribution in [0.15, 0.2) is 47.4 Å². The summed E-state index contributed by atoms with van der Waals surface area (Å²) in [5.74, 6) is 0.321. The topological polar surface area (TPSA) is 49.8 Å². The number of rotatable bonds is 4. The summed E-state index contributed by atoms with van der Waals surface area (Å²) in [6.07, 6.45) is 1.76. The van der Waals surface area contributed by atoms with Crippen LogP contribution in [0.3, 0.4) is 0 Å². The number of aryl methyl sites for hydroxylation is 1. The quantitative estimate of drug-likeness (QED) is 0.633. The third-order valence-corrected chi connectivity index (χ3v) is 4.97. The summed E-state index contributed by atoms with van der Waals surface area (Å²) in [6.45, 7) is 4.29. The Kier molecular flexibility index (Phi) is 5.11. The second-order valence-corrected chi connectivity index (χ2v) is 7.19. The molecule has 128 valence electrons. The summed E-state index contributed by atoms with van der Waals surface area (Å²) < 4.78 is 5.89. The number of benzene rings is 2. The Morgan fingerprint density at radius 1 is 1.24 bits per heavy atom. The van der Waals surface area contributed by atoms with Gasteiger partial charge in [0.15, 0.2) is 15.8 Å². The van der Waals surface area contributed by atoms with E-state index in [1.807, 2.05) is 38.1 Å². The smallest absolute Gasteiger partial charge is 0.270 e. The van der Waals surface area contributed by atoms with E-state index in [9.17, 15) is 9.90 Å². The van der Waals surface area contributed by atoms with Crippen molar-refractivity contribution >= 4 is 46.0 Å². The number of anilines is 1. The number of carbonyl (C=O) groups is 1. The van der Waals surface area contributed by atoms with E-state index >= 15 is 0 Å². The Balaban J connectivity index is 1.90. The van der Waals surface area contributed by atoms with Gasteiger partial charge < -0.3 is 9.84 Å². The minimum atomic E-state index is -0.148. The van der Waals surface area contributed by atoms with Gasteiger partial charge in [0, 0.05) is 0 Å². The molecule has 3 rings (SSSR count). The molecule has 0 radical (unpaired) electrons. The molecule has 6 heteroatoms. The van der Waals surface area contributed by atoms with Gasteiger partial charge in [-0.1, -0.05) is 47.7 Å². The van der Waals surface area contributed by atoms with E-state index in [1.54, 1.807) is 24.3 Å². The van der Waals surface area contributed by atoms with Crippen molar-refractivity contribution in [1.82, 2.24) is 0 Å². The number of hydrogen-bond acceptors (Lipinski definition) is 5. The Bertz CT molecular complexity index is 859. The molecular weight excluding hydrogens is 354 g/mol. The Morgan fingerprint density at radius 2 is 1.96 bits per heavy atom. The van der Waals surface area contributed by atoms with Crippen LogP contribution in [0, 0.1) is 6.92 Å². The number of phenols is 1. The van der Waals surface area contributed by atoms with Gasteiger partial charge >= 0.3 is 0 Å². The molecule has 1 aliphatic heterocycles. The number of ether oxygens (including phenoxy) is 1. The van der Waals surface area contributed by atoms with Crippen LogP contribution in [-0.2, 0) is 4.79 Å². The summed E-state index contributed by atoms with van der Waals surface area (Å²) in [6, 6.07) is 12.7. The van der Waals surface area contributed by atoms with Crippen molar-refractivity contribution in [3.8, 4) is 11.5 Å². The summed E-state index contributed by atoms with van der Waals surface area (Å²) in [5, 5.41) is 9.79. The number of carbonyl (C=O) groups excluding carboxylic acids is 1. The number of amides is 1. The van der Waals surface area contributed by atoms with Crippen LogP contribution in [0.4, 0.5) is 5.69 Å². The van der Waals surface area contributed by atoms with Crippen LogP contribution >= 0.6 is 24.0 Å². The summed E-state index contributed by atoms with van der Waals surface area (Å²) in [4.78, 5) is 14.8. The third kappa shape index (κ3) is 3.70. The maximum absolute atomic E-state index is 12.8. The number of hydrogen-bond donors (Lipinski definition) is 1. The van der Waals surface area contributed by atoms with Crippen molar-refractivity contribution in [2.75, 3.05) is 11.5 Å². The van der Waals surface area contributed by atoms with Gasteiger partial charge in [-0.3, -0.25) is 9.69 Å². The van der Waals surface area contributed by atoms with Crippen LogP contribution in [0.5, 0.6) is 11.5 Å². The molecule has 0 spiro atoms. The summed E-state index contributed by atoms with van der Waals surface area (Å²) in [7, 11) is 0. The highest BCUT2D eigenvalue weighted by molar-refractivity contribution is 8.27. The Hall–Kier alpha value is -2.31.